The Kier molecular flexibility index (Phi) is 5.48. The summed E-state index contributed by atoms with van der Waals surface area (Å²) in [6, 6.07) is 3.27. The number of nitrogens with one attached hydrogen (secondary N) is 1. The van der Waals surface area contributed by atoms with Crippen LogP contribution in [0.15, 0.2) is 23.1 Å². The van der Waals surface area contributed by atoms with E-state index in [1.54, 1.807) is 6.92 Å². The van der Waals surface area contributed by atoms with Crippen LogP contribution in [0, 0.1) is 17.7 Å². The van der Waals surface area contributed by atoms with Crippen molar-refractivity contribution in [2.75, 3.05) is 6.61 Å². The fourth-order valence-electron chi connectivity index (χ4n) is 1.32. The van der Waals surface area contributed by atoms with Crippen molar-refractivity contribution in [1.82, 2.24) is 4.72 Å². The lowest BCUT2D eigenvalue weighted by Crippen LogP contribution is -2.32. The number of aliphatic hydroxyl groups excluding tert-OH is 1. The van der Waals surface area contributed by atoms with Crippen molar-refractivity contribution in [3.63, 3.8) is 0 Å². The van der Waals surface area contributed by atoms with Gasteiger partial charge >= 0.3 is 0 Å². The third-order valence-corrected chi connectivity index (χ3v) is 4.11. The molecule has 1 aromatic rings. The average molecular weight is 285 g/mol. The molecule has 19 heavy (non-hydrogen) atoms. The molecule has 0 aliphatic rings. The number of benzene rings is 1. The Morgan fingerprint density at radius 2 is 2.16 bits per heavy atom. The van der Waals surface area contributed by atoms with E-state index in [1.807, 2.05) is 6.92 Å². The van der Waals surface area contributed by atoms with E-state index in [-0.39, 0.29) is 23.1 Å². The molecule has 0 amide bonds. The summed E-state index contributed by atoms with van der Waals surface area (Å²) in [5, 5.41) is 8.53. The molecule has 0 aliphatic heterocycles. The van der Waals surface area contributed by atoms with Gasteiger partial charge in [0.05, 0.1) is 10.5 Å². The van der Waals surface area contributed by atoms with Crippen molar-refractivity contribution in [2.24, 2.45) is 0 Å². The fraction of sp³-hybridized carbons (Fsp3) is 0.385. The summed E-state index contributed by atoms with van der Waals surface area (Å²) in [6.45, 7) is 3.20. The topological polar surface area (TPSA) is 66.4 Å². The zero-order valence-corrected chi connectivity index (χ0v) is 11.6. The van der Waals surface area contributed by atoms with E-state index >= 15 is 0 Å². The Morgan fingerprint density at radius 1 is 1.47 bits per heavy atom. The number of hydrogen-bond acceptors (Lipinski definition) is 3. The highest BCUT2D eigenvalue weighted by Gasteiger charge is 2.17. The first-order valence-electron chi connectivity index (χ1n) is 5.82. The molecule has 1 unspecified atom stereocenters. The maximum absolute atomic E-state index is 13.6. The van der Waals surface area contributed by atoms with E-state index in [9.17, 15) is 12.8 Å². The van der Waals surface area contributed by atoms with E-state index < -0.39 is 15.8 Å². The quantitative estimate of drug-likeness (QED) is 0.818. The standard InChI is InChI=1S/C13H16FNO3S/c1-3-10(2)15-19(17,18)12-7-6-11(5-4-8-16)13(14)9-12/h6-7,9-10,15-16H,3,8H2,1-2H3. The first kappa shape index (κ1) is 15.6. The SMILES string of the molecule is CCC(C)NS(=O)(=O)c1ccc(C#CCO)c(F)c1. The second-order valence-corrected chi connectivity index (χ2v) is 5.75. The molecule has 1 aromatic carbocycles. The van der Waals surface area contributed by atoms with Crippen LogP contribution in [0.1, 0.15) is 25.8 Å². The summed E-state index contributed by atoms with van der Waals surface area (Å²) < 4.78 is 39.9. The third-order valence-electron chi connectivity index (χ3n) is 2.52. The van der Waals surface area contributed by atoms with Crippen molar-refractivity contribution in [3.05, 3.63) is 29.6 Å². The summed E-state index contributed by atoms with van der Waals surface area (Å²) >= 11 is 0. The highest BCUT2D eigenvalue weighted by Crippen LogP contribution is 2.15. The molecule has 0 aliphatic carbocycles. The molecule has 1 atom stereocenters. The predicted octanol–water partition coefficient (Wildman–Crippen LogP) is 1.25. The number of aliphatic hydroxyl groups is 1. The predicted molar refractivity (Wildman–Crippen MR) is 70.4 cm³/mol. The Labute approximate surface area is 112 Å². The number of hydrogen-bond donors (Lipinski definition) is 2. The average Bonchev–Trinajstić information content (AvgIpc) is 2.36. The van der Waals surface area contributed by atoms with Crippen molar-refractivity contribution < 1.29 is 17.9 Å². The summed E-state index contributed by atoms with van der Waals surface area (Å²) in [5.41, 5.74) is 0.0524. The lowest BCUT2D eigenvalue weighted by atomic mass is 10.2. The van der Waals surface area contributed by atoms with Crippen molar-refractivity contribution in [1.29, 1.82) is 0 Å². The van der Waals surface area contributed by atoms with Gasteiger partial charge in [0.1, 0.15) is 12.4 Å². The lowest BCUT2D eigenvalue weighted by molar-refractivity contribution is 0.350. The first-order valence-corrected chi connectivity index (χ1v) is 7.30. The number of rotatable bonds is 4. The maximum Gasteiger partial charge on any atom is 0.240 e. The molecule has 0 aromatic heterocycles. The van der Waals surface area contributed by atoms with Gasteiger partial charge in [0.25, 0.3) is 0 Å². The molecule has 0 heterocycles. The number of sulfonamides is 1. The lowest BCUT2D eigenvalue weighted by Gasteiger charge is -2.12. The Balaban J connectivity index is 3.07. The van der Waals surface area contributed by atoms with E-state index in [0.717, 1.165) is 6.07 Å². The van der Waals surface area contributed by atoms with Crippen LogP contribution < -0.4 is 4.72 Å². The molecule has 0 saturated carbocycles. The molecule has 0 radical (unpaired) electrons. The minimum atomic E-state index is -3.72. The maximum atomic E-state index is 13.6. The highest BCUT2D eigenvalue weighted by atomic mass is 32.2. The molecule has 2 N–H and O–H groups in total. The van der Waals surface area contributed by atoms with Crippen molar-refractivity contribution in [2.45, 2.75) is 31.2 Å². The second kappa shape index (κ2) is 6.66. The van der Waals surface area contributed by atoms with Crippen LogP contribution in [-0.2, 0) is 10.0 Å². The van der Waals surface area contributed by atoms with Crippen LogP contribution in [-0.4, -0.2) is 26.2 Å². The van der Waals surface area contributed by atoms with Gasteiger partial charge in [-0.05, 0) is 31.5 Å². The molecule has 0 bridgehead atoms. The van der Waals surface area contributed by atoms with Crippen LogP contribution in [0.4, 0.5) is 4.39 Å². The van der Waals surface area contributed by atoms with Gasteiger partial charge in [0.15, 0.2) is 0 Å². The van der Waals surface area contributed by atoms with E-state index in [1.165, 1.54) is 12.1 Å². The van der Waals surface area contributed by atoms with E-state index in [0.29, 0.717) is 6.42 Å². The molecular formula is C13H16FNO3S. The van der Waals surface area contributed by atoms with Gasteiger partial charge < -0.3 is 5.11 Å². The largest absolute Gasteiger partial charge is 0.384 e. The third kappa shape index (κ3) is 4.31. The molecule has 0 spiro atoms. The van der Waals surface area contributed by atoms with Crippen LogP contribution in [0.2, 0.25) is 0 Å². The Morgan fingerprint density at radius 3 is 2.68 bits per heavy atom. The van der Waals surface area contributed by atoms with Crippen LogP contribution >= 0.6 is 0 Å². The van der Waals surface area contributed by atoms with Crippen LogP contribution in [0.3, 0.4) is 0 Å². The number of halogens is 1. The van der Waals surface area contributed by atoms with Gasteiger partial charge in [0, 0.05) is 6.04 Å². The van der Waals surface area contributed by atoms with Crippen molar-refractivity contribution in [3.8, 4) is 11.8 Å². The zero-order chi connectivity index (χ0) is 14.5. The zero-order valence-electron chi connectivity index (χ0n) is 10.8. The van der Waals surface area contributed by atoms with Gasteiger partial charge in [-0.1, -0.05) is 18.8 Å². The summed E-state index contributed by atoms with van der Waals surface area (Å²) in [7, 11) is -3.72. The second-order valence-electron chi connectivity index (χ2n) is 4.03. The first-order chi connectivity index (χ1) is 8.90. The molecule has 4 nitrogen and oxygen atoms in total. The van der Waals surface area contributed by atoms with Gasteiger partial charge in [0.2, 0.25) is 10.0 Å². The molecular weight excluding hydrogens is 269 g/mol. The van der Waals surface area contributed by atoms with Crippen LogP contribution in [0.25, 0.3) is 0 Å². The monoisotopic (exact) mass is 285 g/mol. The molecule has 104 valence electrons. The van der Waals surface area contributed by atoms with E-state index in [2.05, 4.69) is 16.6 Å². The van der Waals surface area contributed by atoms with Crippen molar-refractivity contribution >= 4 is 10.0 Å². The van der Waals surface area contributed by atoms with Crippen LogP contribution in [0.5, 0.6) is 0 Å². The minimum Gasteiger partial charge on any atom is -0.384 e. The van der Waals surface area contributed by atoms with E-state index in [4.69, 9.17) is 5.11 Å². The molecule has 6 heteroatoms. The van der Waals surface area contributed by atoms with Gasteiger partial charge in [-0.25, -0.2) is 17.5 Å². The van der Waals surface area contributed by atoms with Gasteiger partial charge in [-0.15, -0.1) is 0 Å². The molecule has 0 fully saturated rings. The summed E-state index contributed by atoms with van der Waals surface area (Å²) in [6.07, 6.45) is 0.641. The summed E-state index contributed by atoms with van der Waals surface area (Å²) in [4.78, 5) is -0.139. The smallest absolute Gasteiger partial charge is 0.240 e. The normalized spacial score (nSPS) is 12.6. The van der Waals surface area contributed by atoms with Gasteiger partial charge in [-0.2, -0.15) is 0 Å². The fourth-order valence-corrected chi connectivity index (χ4v) is 2.65. The molecule has 0 saturated heterocycles. The minimum absolute atomic E-state index is 0.0524. The summed E-state index contributed by atoms with van der Waals surface area (Å²) in [5.74, 6) is 3.98. The molecule has 1 rings (SSSR count). The Bertz CT molecular complexity index is 602. The Hall–Kier alpha value is -1.42. The highest BCUT2D eigenvalue weighted by molar-refractivity contribution is 7.89. The van der Waals surface area contributed by atoms with Gasteiger partial charge in [-0.3, -0.25) is 0 Å².